The van der Waals surface area contributed by atoms with Gasteiger partial charge in [-0.3, -0.25) is 0 Å². The van der Waals surface area contributed by atoms with Crippen molar-refractivity contribution >= 4 is 34.5 Å². The second kappa shape index (κ2) is 4.33. The van der Waals surface area contributed by atoms with Crippen LogP contribution >= 0.6 is 0 Å². The topological polar surface area (TPSA) is 0 Å². The number of benzene rings is 1. The van der Waals surface area contributed by atoms with E-state index in [4.69, 9.17) is 7.74 Å². The molecular formula is C6H3B4F5-. The molecule has 3 radical (unpaired) electrons. The molecular weight excluding hydrogens is 210 g/mol. The third-order valence-electron chi connectivity index (χ3n) is 1.58. The largest absolute Gasteiger partial charge is 0.204 e. The third kappa shape index (κ3) is 1.92. The summed E-state index contributed by atoms with van der Waals surface area (Å²) in [4.78, 5) is 0. The van der Waals surface area contributed by atoms with Crippen LogP contribution in [0.25, 0.3) is 0 Å². The zero-order valence-electron chi connectivity index (χ0n) is 6.62. The molecule has 1 aromatic rings. The van der Waals surface area contributed by atoms with Gasteiger partial charge >= 0.3 is 0 Å². The Labute approximate surface area is 86.3 Å². The lowest BCUT2D eigenvalue weighted by molar-refractivity contribution is 0.384. The zero-order valence-corrected chi connectivity index (χ0v) is 6.62. The minimum absolute atomic E-state index is 0.404. The molecule has 1 rings (SSSR count). The lowest BCUT2D eigenvalue weighted by Gasteiger charge is -2.13. The molecule has 0 bridgehead atoms. The van der Waals surface area contributed by atoms with E-state index in [9.17, 15) is 22.0 Å². The molecule has 1 aromatic carbocycles. The predicted molar refractivity (Wildman–Crippen MR) is 53.1 cm³/mol. The van der Waals surface area contributed by atoms with E-state index in [0.29, 0.717) is 0 Å². The van der Waals surface area contributed by atoms with Crippen molar-refractivity contribution in [2.45, 2.75) is 0 Å². The van der Waals surface area contributed by atoms with Crippen molar-refractivity contribution in [3.05, 3.63) is 29.1 Å². The Bertz CT molecular complexity index is 367. The van der Waals surface area contributed by atoms with Gasteiger partial charge in [-0.05, 0) is 5.46 Å². The average Bonchev–Trinajstić information content (AvgIpc) is 2.23. The molecule has 0 saturated heterocycles. The van der Waals surface area contributed by atoms with Crippen molar-refractivity contribution in [2.75, 3.05) is 0 Å². The monoisotopic (exact) mass is 214 g/mol. The summed E-state index contributed by atoms with van der Waals surface area (Å²) in [5, 5.41) is 0. The fourth-order valence-corrected chi connectivity index (χ4v) is 0.915. The average molecular weight is 213 g/mol. The highest BCUT2D eigenvalue weighted by atomic mass is 19.2. The molecule has 0 aromatic heterocycles. The van der Waals surface area contributed by atoms with Crippen molar-refractivity contribution < 1.29 is 22.0 Å². The van der Waals surface area contributed by atoms with Crippen molar-refractivity contribution in [3.8, 4) is 0 Å². The van der Waals surface area contributed by atoms with Crippen LogP contribution in [0.4, 0.5) is 22.0 Å². The van der Waals surface area contributed by atoms with Gasteiger partial charge in [0.15, 0.2) is 29.1 Å². The first-order valence-corrected chi connectivity index (χ1v) is 3.40. The molecule has 0 amide bonds. The highest BCUT2D eigenvalue weighted by molar-refractivity contribution is 7.50. The Hall–Kier alpha value is -0.870. The summed E-state index contributed by atoms with van der Waals surface area (Å²) in [6.45, 7) is -1.23. The fraction of sp³-hybridized carbons (Fsp3) is 0. The maximum atomic E-state index is 13.0. The van der Waals surface area contributed by atoms with Gasteiger partial charge in [0.1, 0.15) is 0 Å². The minimum atomic E-state index is -2.16. The molecule has 0 nitrogen and oxygen atoms in total. The summed E-state index contributed by atoms with van der Waals surface area (Å²) in [6, 6.07) is 0. The first-order valence-electron chi connectivity index (χ1n) is 3.40. The smallest absolute Gasteiger partial charge is 0.200 e. The van der Waals surface area contributed by atoms with Crippen LogP contribution in [0.2, 0.25) is 0 Å². The second-order valence-corrected chi connectivity index (χ2v) is 2.51. The van der Waals surface area contributed by atoms with Gasteiger partial charge in [0.25, 0.3) is 0 Å². The summed E-state index contributed by atoms with van der Waals surface area (Å²) < 4.78 is 64.1. The van der Waals surface area contributed by atoms with E-state index in [1.807, 2.05) is 0 Å². The first kappa shape index (κ1) is 12.2. The van der Waals surface area contributed by atoms with Crippen molar-refractivity contribution in [3.63, 3.8) is 0 Å². The van der Waals surface area contributed by atoms with Crippen LogP contribution in [0.1, 0.15) is 0 Å². The molecule has 0 unspecified atom stereocenters. The van der Waals surface area contributed by atoms with Crippen LogP contribution < -0.4 is 5.46 Å². The van der Waals surface area contributed by atoms with Gasteiger partial charge in [0, 0.05) is 7.74 Å². The number of halogens is 5. The lowest BCUT2D eigenvalue weighted by atomic mass is 9.03. The highest BCUT2D eigenvalue weighted by Crippen LogP contribution is 2.16. The Morgan fingerprint density at radius 2 is 1.20 bits per heavy atom. The number of rotatable bonds is 2. The Balaban J connectivity index is 3.52. The van der Waals surface area contributed by atoms with Crippen molar-refractivity contribution in [1.29, 1.82) is 0 Å². The highest BCUT2D eigenvalue weighted by Gasteiger charge is 2.26. The predicted octanol–water partition coefficient (Wildman–Crippen LogP) is -0.770. The van der Waals surface area contributed by atoms with E-state index in [1.54, 1.807) is 0 Å². The standard InChI is InChI=1S/C6H3B4F5/c7-9-10(8)1-2(11)4(13)6(15)5(14)3(1)12/h7H3/q-1. The van der Waals surface area contributed by atoms with Crippen LogP contribution in [0.15, 0.2) is 0 Å². The van der Waals surface area contributed by atoms with E-state index in [1.165, 1.54) is 7.06 Å². The van der Waals surface area contributed by atoms with Crippen LogP contribution in [0.3, 0.4) is 0 Å². The van der Waals surface area contributed by atoms with E-state index < -0.39 is 48.8 Å². The normalized spacial score (nSPS) is 10.3. The Morgan fingerprint density at radius 1 is 0.867 bits per heavy atom. The summed E-state index contributed by atoms with van der Waals surface area (Å²) in [7, 11) is 6.22. The van der Waals surface area contributed by atoms with Crippen LogP contribution in [-0.2, 0) is 0 Å². The van der Waals surface area contributed by atoms with E-state index >= 15 is 0 Å². The van der Waals surface area contributed by atoms with Crippen molar-refractivity contribution in [2.24, 2.45) is 0 Å². The summed E-state index contributed by atoms with van der Waals surface area (Å²) in [6.07, 6.45) is 0. The molecule has 0 fully saturated rings. The van der Waals surface area contributed by atoms with Gasteiger partial charge in [0.2, 0.25) is 0 Å². The number of hydrogen-bond acceptors (Lipinski definition) is 0. The maximum absolute atomic E-state index is 13.0. The molecule has 0 aliphatic heterocycles. The molecule has 0 saturated carbocycles. The molecule has 15 heavy (non-hydrogen) atoms. The quantitative estimate of drug-likeness (QED) is 0.262. The Kier molecular flexibility index (Phi) is 3.52. The second-order valence-electron chi connectivity index (χ2n) is 2.51. The molecule has 0 aliphatic rings. The maximum Gasteiger partial charge on any atom is 0.200 e. The molecule has 0 spiro atoms. The Morgan fingerprint density at radius 3 is 1.53 bits per heavy atom. The SMILES string of the molecule is [B]B([B][BH3-])c1c(F)c(F)c(F)c(F)c1F. The summed E-state index contributed by atoms with van der Waals surface area (Å²) in [5.41, 5.74) is -0.957. The molecule has 0 heterocycles. The summed E-state index contributed by atoms with van der Waals surface area (Å²) >= 11 is 0. The fourth-order valence-electron chi connectivity index (χ4n) is 0.915. The van der Waals surface area contributed by atoms with Gasteiger partial charge in [-0.25, -0.2) is 22.0 Å². The zero-order chi connectivity index (χ0) is 11.7. The van der Waals surface area contributed by atoms with Crippen LogP contribution in [0, 0.1) is 29.1 Å². The van der Waals surface area contributed by atoms with E-state index in [2.05, 4.69) is 0 Å². The van der Waals surface area contributed by atoms with Gasteiger partial charge in [0.05, 0.1) is 6.49 Å². The number of hydrogen-bond donors (Lipinski definition) is 0. The van der Waals surface area contributed by atoms with Gasteiger partial charge in [-0.2, -0.15) is 0 Å². The molecule has 0 aliphatic carbocycles. The molecule has 0 atom stereocenters. The van der Waals surface area contributed by atoms with Gasteiger partial charge in [-0.15, -0.1) is 7.06 Å². The van der Waals surface area contributed by atoms with Crippen LogP contribution in [-0.4, -0.2) is 29.0 Å². The van der Waals surface area contributed by atoms with Crippen molar-refractivity contribution in [1.82, 2.24) is 0 Å². The van der Waals surface area contributed by atoms with E-state index in [0.717, 1.165) is 0 Å². The third-order valence-corrected chi connectivity index (χ3v) is 1.58. The minimum Gasteiger partial charge on any atom is -0.204 e. The van der Waals surface area contributed by atoms with Crippen LogP contribution in [0.5, 0.6) is 0 Å². The molecule has 75 valence electrons. The lowest BCUT2D eigenvalue weighted by Crippen LogP contribution is -2.44. The molecule has 9 heteroatoms. The molecule has 0 N–H and O–H groups in total. The first-order chi connectivity index (χ1) is 6.91. The van der Waals surface area contributed by atoms with E-state index in [-0.39, 0.29) is 0 Å². The summed E-state index contributed by atoms with van der Waals surface area (Å²) in [5.74, 6) is -9.78. The van der Waals surface area contributed by atoms with Gasteiger partial charge in [-0.1, -0.05) is 7.74 Å². The van der Waals surface area contributed by atoms with Gasteiger partial charge < -0.3 is 0 Å².